The molecule has 0 aliphatic heterocycles. The second-order valence-electron chi connectivity index (χ2n) is 3.21. The minimum absolute atomic E-state index is 0.0510. The van der Waals surface area contributed by atoms with Crippen LogP contribution in [0, 0.1) is 12.3 Å². The number of aryl methyl sites for hydroxylation is 1. The molecule has 74 valence electrons. The van der Waals surface area contributed by atoms with E-state index in [1.165, 1.54) is 13.8 Å². The molecule has 1 rings (SSSR count). The maximum absolute atomic E-state index is 11.2. The highest BCUT2D eigenvalue weighted by Crippen LogP contribution is 2.20. The molecule has 0 unspecified atom stereocenters. The van der Waals surface area contributed by atoms with E-state index >= 15 is 0 Å². The van der Waals surface area contributed by atoms with Gasteiger partial charge < -0.3 is 4.74 Å². The summed E-state index contributed by atoms with van der Waals surface area (Å²) in [6.45, 7) is 4.93. The normalized spacial score (nSPS) is 9.64. The van der Waals surface area contributed by atoms with E-state index in [1.54, 1.807) is 12.1 Å². The molecule has 0 saturated heterocycles. The first-order valence-corrected chi connectivity index (χ1v) is 4.35. The van der Waals surface area contributed by atoms with Crippen LogP contribution in [0.5, 0.6) is 5.75 Å². The molecule has 0 saturated carbocycles. The number of nitrogens with one attached hydrogen (secondary N) is 1. The van der Waals surface area contributed by atoms with Crippen molar-refractivity contribution in [3.05, 3.63) is 29.3 Å². The summed E-state index contributed by atoms with van der Waals surface area (Å²) in [7, 11) is 0. The van der Waals surface area contributed by atoms with E-state index in [4.69, 9.17) is 10.1 Å². The smallest absolute Gasteiger partial charge is 0.184 e. The summed E-state index contributed by atoms with van der Waals surface area (Å²) in [4.78, 5) is 11.2. The van der Waals surface area contributed by atoms with E-state index in [9.17, 15) is 4.79 Å². The topological polar surface area (TPSA) is 50.1 Å². The van der Waals surface area contributed by atoms with E-state index < -0.39 is 0 Å². The lowest BCUT2D eigenvalue weighted by atomic mass is 10.1. The Labute approximate surface area is 83.2 Å². The van der Waals surface area contributed by atoms with Gasteiger partial charge in [0.1, 0.15) is 5.75 Å². The maximum Gasteiger partial charge on any atom is 0.184 e. The van der Waals surface area contributed by atoms with E-state index in [-0.39, 0.29) is 11.7 Å². The SMILES string of the molecule is CC(=N)Oc1ccc(C)cc1C(C)=O. The summed E-state index contributed by atoms with van der Waals surface area (Å²) in [5.74, 6) is 0.483. The van der Waals surface area contributed by atoms with Crippen LogP contribution in [0.4, 0.5) is 0 Å². The lowest BCUT2D eigenvalue weighted by molar-refractivity contribution is 0.101. The van der Waals surface area contributed by atoms with Gasteiger partial charge in [-0.05, 0) is 26.0 Å². The fourth-order valence-corrected chi connectivity index (χ4v) is 1.17. The lowest BCUT2D eigenvalue weighted by Gasteiger charge is -2.08. The van der Waals surface area contributed by atoms with Crippen molar-refractivity contribution in [3.8, 4) is 5.75 Å². The van der Waals surface area contributed by atoms with Gasteiger partial charge in [0, 0.05) is 6.92 Å². The number of carbonyl (C=O) groups excluding carboxylic acids is 1. The first kappa shape index (κ1) is 10.4. The Balaban J connectivity index is 3.14. The Morgan fingerprint density at radius 2 is 2.00 bits per heavy atom. The standard InChI is InChI=1S/C11H13NO2/c1-7-4-5-11(14-9(3)12)10(6-7)8(2)13/h4-6,12H,1-3H3. The number of ether oxygens (including phenoxy) is 1. The minimum Gasteiger partial charge on any atom is -0.443 e. The molecule has 1 aromatic carbocycles. The molecule has 0 atom stereocenters. The number of hydrogen-bond donors (Lipinski definition) is 1. The third kappa shape index (κ3) is 2.42. The van der Waals surface area contributed by atoms with Gasteiger partial charge in [-0.15, -0.1) is 0 Å². The van der Waals surface area contributed by atoms with Gasteiger partial charge in [-0.1, -0.05) is 11.6 Å². The molecule has 0 fully saturated rings. The summed E-state index contributed by atoms with van der Waals surface area (Å²) in [5, 5.41) is 7.19. The first-order chi connectivity index (χ1) is 6.50. The molecule has 0 spiro atoms. The van der Waals surface area contributed by atoms with Crippen LogP contribution in [0.2, 0.25) is 0 Å². The Kier molecular flexibility index (Phi) is 3.02. The van der Waals surface area contributed by atoms with Crippen LogP contribution in [0.25, 0.3) is 0 Å². The van der Waals surface area contributed by atoms with Crippen molar-refractivity contribution in [2.24, 2.45) is 0 Å². The fraction of sp³-hybridized carbons (Fsp3) is 0.273. The predicted molar refractivity (Wildman–Crippen MR) is 55.2 cm³/mol. The number of ketones is 1. The van der Waals surface area contributed by atoms with Gasteiger partial charge in [0.15, 0.2) is 11.7 Å². The van der Waals surface area contributed by atoms with Crippen LogP contribution in [0.3, 0.4) is 0 Å². The molecule has 0 radical (unpaired) electrons. The summed E-state index contributed by atoms with van der Waals surface area (Å²) in [6, 6.07) is 5.33. The van der Waals surface area contributed by atoms with Crippen LogP contribution in [-0.4, -0.2) is 11.7 Å². The average Bonchev–Trinajstić information content (AvgIpc) is 2.07. The molecule has 1 N–H and O–H groups in total. The number of rotatable bonds is 2. The van der Waals surface area contributed by atoms with Gasteiger partial charge in [0.05, 0.1) is 5.56 Å². The zero-order valence-corrected chi connectivity index (χ0v) is 8.55. The minimum atomic E-state index is -0.0510. The predicted octanol–water partition coefficient (Wildman–Crippen LogP) is 2.57. The summed E-state index contributed by atoms with van der Waals surface area (Å²) in [6.07, 6.45) is 0. The third-order valence-corrected chi connectivity index (χ3v) is 1.78. The molecule has 0 aliphatic carbocycles. The number of benzene rings is 1. The average molecular weight is 191 g/mol. The molecule has 3 nitrogen and oxygen atoms in total. The van der Waals surface area contributed by atoms with Crippen LogP contribution in [0.1, 0.15) is 29.8 Å². The van der Waals surface area contributed by atoms with Crippen molar-refractivity contribution in [3.63, 3.8) is 0 Å². The fourth-order valence-electron chi connectivity index (χ4n) is 1.17. The van der Waals surface area contributed by atoms with Crippen LogP contribution < -0.4 is 4.74 Å². The van der Waals surface area contributed by atoms with Crippen LogP contribution in [0.15, 0.2) is 18.2 Å². The van der Waals surface area contributed by atoms with E-state index in [0.29, 0.717) is 11.3 Å². The van der Waals surface area contributed by atoms with Gasteiger partial charge in [-0.3, -0.25) is 10.2 Å². The molecular formula is C11H13NO2. The zero-order valence-electron chi connectivity index (χ0n) is 8.55. The molecule has 0 heterocycles. The Bertz CT molecular complexity index is 383. The van der Waals surface area contributed by atoms with Crippen LogP contribution >= 0.6 is 0 Å². The van der Waals surface area contributed by atoms with Gasteiger partial charge in [0.25, 0.3) is 0 Å². The Morgan fingerprint density at radius 3 is 2.50 bits per heavy atom. The molecule has 1 aromatic rings. The molecule has 0 aromatic heterocycles. The van der Waals surface area contributed by atoms with E-state index in [2.05, 4.69) is 0 Å². The number of carbonyl (C=O) groups is 1. The number of Topliss-reactive ketones (excluding diaryl/α,β-unsaturated/α-hetero) is 1. The highest BCUT2D eigenvalue weighted by atomic mass is 16.5. The van der Waals surface area contributed by atoms with Crippen molar-refractivity contribution in [2.45, 2.75) is 20.8 Å². The van der Waals surface area contributed by atoms with E-state index in [0.717, 1.165) is 5.56 Å². The van der Waals surface area contributed by atoms with Crippen LogP contribution in [-0.2, 0) is 0 Å². The van der Waals surface area contributed by atoms with Crippen molar-refractivity contribution in [1.82, 2.24) is 0 Å². The molecular weight excluding hydrogens is 178 g/mol. The van der Waals surface area contributed by atoms with Gasteiger partial charge in [-0.2, -0.15) is 0 Å². The Hall–Kier alpha value is -1.64. The van der Waals surface area contributed by atoms with Crippen molar-refractivity contribution < 1.29 is 9.53 Å². The van der Waals surface area contributed by atoms with Crippen molar-refractivity contribution >= 4 is 11.7 Å². The molecule has 0 bridgehead atoms. The molecule has 14 heavy (non-hydrogen) atoms. The molecule has 0 amide bonds. The zero-order chi connectivity index (χ0) is 10.7. The summed E-state index contributed by atoms with van der Waals surface area (Å²) in [5.41, 5.74) is 1.53. The molecule has 0 aliphatic rings. The van der Waals surface area contributed by atoms with E-state index in [1.807, 2.05) is 13.0 Å². The lowest BCUT2D eigenvalue weighted by Crippen LogP contribution is -2.05. The van der Waals surface area contributed by atoms with Gasteiger partial charge >= 0.3 is 0 Å². The summed E-state index contributed by atoms with van der Waals surface area (Å²) < 4.78 is 5.12. The van der Waals surface area contributed by atoms with Crippen molar-refractivity contribution in [2.75, 3.05) is 0 Å². The van der Waals surface area contributed by atoms with Gasteiger partial charge in [0.2, 0.25) is 0 Å². The quantitative estimate of drug-likeness (QED) is 0.443. The first-order valence-electron chi connectivity index (χ1n) is 4.35. The van der Waals surface area contributed by atoms with Gasteiger partial charge in [-0.25, -0.2) is 0 Å². The number of hydrogen-bond acceptors (Lipinski definition) is 3. The second kappa shape index (κ2) is 4.05. The molecule has 3 heteroatoms. The highest BCUT2D eigenvalue weighted by molar-refractivity contribution is 5.97. The Morgan fingerprint density at radius 1 is 1.36 bits per heavy atom. The van der Waals surface area contributed by atoms with Crippen molar-refractivity contribution in [1.29, 1.82) is 5.41 Å². The second-order valence-corrected chi connectivity index (χ2v) is 3.21. The third-order valence-electron chi connectivity index (χ3n) is 1.78. The highest BCUT2D eigenvalue weighted by Gasteiger charge is 2.09. The maximum atomic E-state index is 11.2. The monoisotopic (exact) mass is 191 g/mol. The summed E-state index contributed by atoms with van der Waals surface area (Å²) >= 11 is 0. The largest absolute Gasteiger partial charge is 0.443 e.